The number of halogens is 3. The van der Waals surface area contributed by atoms with Crippen LogP contribution in [0.25, 0.3) is 0 Å². The molecule has 0 aliphatic heterocycles. The molecule has 0 aromatic heterocycles. The summed E-state index contributed by atoms with van der Waals surface area (Å²) < 4.78 is 36.8. The van der Waals surface area contributed by atoms with Crippen LogP contribution < -0.4 is 0 Å². The molecule has 0 aromatic rings. The molecule has 0 radical (unpaired) electrons. The molecule has 0 heterocycles. The van der Waals surface area contributed by atoms with Crippen molar-refractivity contribution < 1.29 is 33.0 Å². The van der Waals surface area contributed by atoms with E-state index in [0.717, 1.165) is 0 Å². The lowest BCUT2D eigenvalue weighted by molar-refractivity contribution is -0.163. The highest BCUT2D eigenvalue weighted by Gasteiger charge is 2.35. The summed E-state index contributed by atoms with van der Waals surface area (Å²) in [5.74, 6) is -1.94. The zero-order valence-electron chi connectivity index (χ0n) is 10.8. The summed E-state index contributed by atoms with van der Waals surface area (Å²) in [6.07, 6.45) is -5.20. The van der Waals surface area contributed by atoms with Gasteiger partial charge in [-0.05, 0) is 5.41 Å². The predicted octanol–water partition coefficient (Wildman–Crippen LogP) is 1.26. The third-order valence-corrected chi connectivity index (χ3v) is 2.35. The maximum absolute atomic E-state index is 12.3. The Balaban J connectivity index is 4.68. The minimum atomic E-state index is -4.55. The van der Waals surface area contributed by atoms with Crippen molar-refractivity contribution in [3.8, 4) is 0 Å². The Hall–Kier alpha value is -1.31. The summed E-state index contributed by atoms with van der Waals surface area (Å²) in [7, 11) is 0. The Morgan fingerprint density at radius 3 is 2.05 bits per heavy atom. The van der Waals surface area contributed by atoms with Crippen LogP contribution in [0.1, 0.15) is 26.7 Å². The first-order chi connectivity index (χ1) is 8.47. The molecule has 0 saturated heterocycles. The number of amides is 1. The van der Waals surface area contributed by atoms with Crippen molar-refractivity contribution in [2.75, 3.05) is 19.7 Å². The normalized spacial score (nSPS) is 12.3. The second-order valence-electron chi connectivity index (χ2n) is 5.07. The molecule has 0 unspecified atom stereocenters. The average molecular weight is 285 g/mol. The molecule has 5 nitrogen and oxygen atoms in total. The summed E-state index contributed by atoms with van der Waals surface area (Å²) in [5, 5.41) is 17.3. The molecular weight excluding hydrogens is 267 g/mol. The van der Waals surface area contributed by atoms with Gasteiger partial charge in [0.1, 0.15) is 6.54 Å². The van der Waals surface area contributed by atoms with E-state index in [9.17, 15) is 22.8 Å². The van der Waals surface area contributed by atoms with E-state index in [1.807, 2.05) is 0 Å². The zero-order valence-corrected chi connectivity index (χ0v) is 10.8. The van der Waals surface area contributed by atoms with Crippen LogP contribution >= 0.6 is 0 Å². The van der Waals surface area contributed by atoms with E-state index in [2.05, 4.69) is 0 Å². The lowest BCUT2D eigenvalue weighted by atomic mass is 9.85. The Bertz CT molecular complexity index is 328. The molecule has 112 valence electrons. The number of nitrogens with zero attached hydrogens (tertiary/aromatic N) is 1. The third kappa shape index (κ3) is 8.41. The van der Waals surface area contributed by atoms with Gasteiger partial charge in [-0.25, -0.2) is 0 Å². The van der Waals surface area contributed by atoms with E-state index in [0.29, 0.717) is 4.90 Å². The van der Waals surface area contributed by atoms with Crippen molar-refractivity contribution in [2.24, 2.45) is 5.41 Å². The standard InChI is InChI=1S/C11H18F3NO4/c1-10(2,6-9(18)19)5-8(17)15(3-4-16)7-11(12,13)14/h16H,3-7H2,1-2H3,(H,18,19). The lowest BCUT2D eigenvalue weighted by Gasteiger charge is -2.28. The molecule has 0 aliphatic carbocycles. The van der Waals surface area contributed by atoms with E-state index in [-0.39, 0.29) is 12.8 Å². The number of aliphatic hydroxyl groups is 1. The first kappa shape index (κ1) is 17.7. The van der Waals surface area contributed by atoms with Crippen LogP contribution in [-0.4, -0.2) is 52.9 Å². The fourth-order valence-corrected chi connectivity index (χ4v) is 1.62. The maximum Gasteiger partial charge on any atom is 0.406 e. The molecule has 0 rings (SSSR count). The molecule has 0 saturated carbocycles. The second-order valence-corrected chi connectivity index (χ2v) is 5.07. The van der Waals surface area contributed by atoms with Gasteiger partial charge in [0.25, 0.3) is 0 Å². The topological polar surface area (TPSA) is 77.8 Å². The Morgan fingerprint density at radius 1 is 1.16 bits per heavy atom. The number of carboxylic acids is 1. The first-order valence-corrected chi connectivity index (χ1v) is 5.64. The predicted molar refractivity (Wildman–Crippen MR) is 60.4 cm³/mol. The van der Waals surface area contributed by atoms with Crippen molar-refractivity contribution in [1.29, 1.82) is 0 Å². The molecule has 0 fully saturated rings. The summed E-state index contributed by atoms with van der Waals surface area (Å²) in [6, 6.07) is 0. The van der Waals surface area contributed by atoms with E-state index >= 15 is 0 Å². The van der Waals surface area contributed by atoms with Crippen LogP contribution in [0.2, 0.25) is 0 Å². The summed E-state index contributed by atoms with van der Waals surface area (Å²) >= 11 is 0. The molecule has 0 aliphatic rings. The van der Waals surface area contributed by atoms with Crippen molar-refractivity contribution in [3.05, 3.63) is 0 Å². The van der Waals surface area contributed by atoms with Crippen LogP contribution in [-0.2, 0) is 9.59 Å². The minimum Gasteiger partial charge on any atom is -0.481 e. The highest BCUT2D eigenvalue weighted by molar-refractivity contribution is 5.78. The molecule has 0 atom stereocenters. The van der Waals surface area contributed by atoms with E-state index < -0.39 is 43.2 Å². The van der Waals surface area contributed by atoms with E-state index in [4.69, 9.17) is 10.2 Å². The van der Waals surface area contributed by atoms with Gasteiger partial charge >= 0.3 is 12.1 Å². The van der Waals surface area contributed by atoms with Gasteiger partial charge in [-0.1, -0.05) is 13.8 Å². The fraction of sp³-hybridized carbons (Fsp3) is 0.818. The monoisotopic (exact) mass is 285 g/mol. The molecule has 8 heteroatoms. The number of rotatable bonds is 7. The van der Waals surface area contributed by atoms with Gasteiger partial charge < -0.3 is 15.1 Å². The second kappa shape index (κ2) is 6.74. The van der Waals surface area contributed by atoms with E-state index in [1.165, 1.54) is 13.8 Å². The molecule has 2 N–H and O–H groups in total. The van der Waals surface area contributed by atoms with Gasteiger partial charge in [-0.15, -0.1) is 0 Å². The number of carboxylic acid groups (broad SMARTS) is 1. The van der Waals surface area contributed by atoms with Crippen molar-refractivity contribution in [2.45, 2.75) is 32.9 Å². The van der Waals surface area contributed by atoms with Crippen molar-refractivity contribution in [3.63, 3.8) is 0 Å². The maximum atomic E-state index is 12.3. The van der Waals surface area contributed by atoms with Gasteiger partial charge in [-0.2, -0.15) is 13.2 Å². The SMILES string of the molecule is CC(C)(CC(=O)O)CC(=O)N(CCO)CC(F)(F)F. The quantitative estimate of drug-likeness (QED) is 0.738. The van der Waals surface area contributed by atoms with Crippen molar-refractivity contribution in [1.82, 2.24) is 4.90 Å². The number of aliphatic carboxylic acids is 1. The van der Waals surface area contributed by atoms with E-state index in [1.54, 1.807) is 0 Å². The van der Waals surface area contributed by atoms with Gasteiger partial charge in [0.15, 0.2) is 0 Å². The highest BCUT2D eigenvalue weighted by Crippen LogP contribution is 2.27. The lowest BCUT2D eigenvalue weighted by Crippen LogP contribution is -2.42. The van der Waals surface area contributed by atoms with Gasteiger partial charge in [0.2, 0.25) is 5.91 Å². The largest absolute Gasteiger partial charge is 0.481 e. The van der Waals surface area contributed by atoms with Crippen LogP contribution in [0.3, 0.4) is 0 Å². The molecule has 1 amide bonds. The first-order valence-electron chi connectivity index (χ1n) is 5.64. The van der Waals surface area contributed by atoms with Gasteiger partial charge in [0, 0.05) is 13.0 Å². The zero-order chi connectivity index (χ0) is 15.3. The summed E-state index contributed by atoms with van der Waals surface area (Å²) in [5.41, 5.74) is -0.942. The number of carbonyl (C=O) groups is 2. The number of carbonyl (C=O) groups excluding carboxylic acids is 1. The molecule has 0 spiro atoms. The minimum absolute atomic E-state index is 0.322. The Kier molecular flexibility index (Phi) is 6.28. The summed E-state index contributed by atoms with van der Waals surface area (Å²) in [4.78, 5) is 22.8. The molecule has 0 bridgehead atoms. The molecule has 19 heavy (non-hydrogen) atoms. The number of hydrogen-bond acceptors (Lipinski definition) is 3. The number of aliphatic hydroxyl groups excluding tert-OH is 1. The van der Waals surface area contributed by atoms with Crippen LogP contribution in [0, 0.1) is 5.41 Å². The Morgan fingerprint density at radius 2 is 1.68 bits per heavy atom. The third-order valence-electron chi connectivity index (χ3n) is 2.35. The van der Waals surface area contributed by atoms with Gasteiger partial charge in [-0.3, -0.25) is 9.59 Å². The number of alkyl halides is 3. The Labute approximate surface area is 109 Å². The van der Waals surface area contributed by atoms with Crippen LogP contribution in [0.4, 0.5) is 13.2 Å². The summed E-state index contributed by atoms with van der Waals surface area (Å²) in [6.45, 7) is 0.520. The van der Waals surface area contributed by atoms with Crippen LogP contribution in [0.5, 0.6) is 0 Å². The van der Waals surface area contributed by atoms with Crippen LogP contribution in [0.15, 0.2) is 0 Å². The average Bonchev–Trinajstić information content (AvgIpc) is 2.11. The van der Waals surface area contributed by atoms with Crippen molar-refractivity contribution >= 4 is 11.9 Å². The molecular formula is C11H18F3NO4. The highest BCUT2D eigenvalue weighted by atomic mass is 19.4. The number of hydrogen-bond donors (Lipinski definition) is 2. The van der Waals surface area contributed by atoms with Gasteiger partial charge in [0.05, 0.1) is 13.0 Å². The molecule has 0 aromatic carbocycles. The smallest absolute Gasteiger partial charge is 0.406 e. The fourth-order valence-electron chi connectivity index (χ4n) is 1.62.